The van der Waals surface area contributed by atoms with Gasteiger partial charge in [0, 0.05) is 29.5 Å². The van der Waals surface area contributed by atoms with Crippen LogP contribution in [0.15, 0.2) is 11.4 Å². The number of rotatable bonds is 4. The Hall–Kier alpha value is -0.380. The Labute approximate surface area is 127 Å². The van der Waals surface area contributed by atoms with Crippen molar-refractivity contribution in [1.82, 2.24) is 10.2 Å². The van der Waals surface area contributed by atoms with E-state index in [1.165, 1.54) is 51.6 Å². The highest BCUT2D eigenvalue weighted by molar-refractivity contribution is 7.10. The smallest absolute Gasteiger partial charge is 0.0362 e. The van der Waals surface area contributed by atoms with Gasteiger partial charge in [0.25, 0.3) is 0 Å². The second kappa shape index (κ2) is 6.59. The number of thiophene rings is 1. The molecule has 1 aliphatic carbocycles. The van der Waals surface area contributed by atoms with Gasteiger partial charge in [-0.2, -0.15) is 0 Å². The van der Waals surface area contributed by atoms with Crippen molar-refractivity contribution in [2.75, 3.05) is 13.1 Å². The summed E-state index contributed by atoms with van der Waals surface area (Å²) in [4.78, 5) is 4.40. The molecule has 0 spiro atoms. The summed E-state index contributed by atoms with van der Waals surface area (Å²) in [5.74, 6) is 0. The van der Waals surface area contributed by atoms with Crippen LogP contribution in [0.1, 0.15) is 62.4 Å². The lowest BCUT2D eigenvalue weighted by Crippen LogP contribution is -2.47. The van der Waals surface area contributed by atoms with Crippen LogP contribution in [0.5, 0.6) is 0 Å². The van der Waals surface area contributed by atoms with E-state index in [-0.39, 0.29) is 0 Å². The molecule has 1 aliphatic heterocycles. The fraction of sp³-hybridized carbons (Fsp3) is 0.765. The Morgan fingerprint density at radius 1 is 1.30 bits per heavy atom. The van der Waals surface area contributed by atoms with E-state index >= 15 is 0 Å². The minimum Gasteiger partial charge on any atom is -0.313 e. The molecule has 0 saturated carbocycles. The van der Waals surface area contributed by atoms with E-state index in [2.05, 4.69) is 35.5 Å². The SMILES string of the molecule is CC(C)N(CC1CCCCN1)C1CCCc2sccc21. The highest BCUT2D eigenvalue weighted by atomic mass is 32.1. The minimum absolute atomic E-state index is 0.634. The molecule has 2 nitrogen and oxygen atoms in total. The highest BCUT2D eigenvalue weighted by Gasteiger charge is 2.30. The number of fused-ring (bicyclic) bond motifs is 1. The summed E-state index contributed by atoms with van der Waals surface area (Å²) in [7, 11) is 0. The summed E-state index contributed by atoms with van der Waals surface area (Å²) in [6, 6.07) is 4.38. The van der Waals surface area contributed by atoms with Gasteiger partial charge in [0.15, 0.2) is 0 Å². The summed E-state index contributed by atoms with van der Waals surface area (Å²) in [6.45, 7) is 7.16. The van der Waals surface area contributed by atoms with E-state index in [1.54, 1.807) is 10.4 Å². The molecule has 2 aliphatic rings. The molecule has 112 valence electrons. The fourth-order valence-corrected chi connectivity index (χ4v) is 4.82. The third-order valence-corrected chi connectivity index (χ3v) is 5.92. The lowest BCUT2D eigenvalue weighted by molar-refractivity contribution is 0.116. The van der Waals surface area contributed by atoms with Crippen molar-refractivity contribution in [3.63, 3.8) is 0 Å². The molecule has 1 saturated heterocycles. The summed E-state index contributed by atoms with van der Waals surface area (Å²) in [5, 5.41) is 6.01. The van der Waals surface area contributed by atoms with Crippen molar-refractivity contribution in [2.45, 2.75) is 70.5 Å². The van der Waals surface area contributed by atoms with Gasteiger partial charge in [-0.3, -0.25) is 4.90 Å². The Kier molecular flexibility index (Phi) is 4.79. The number of aryl methyl sites for hydroxylation is 1. The third kappa shape index (κ3) is 3.10. The summed E-state index contributed by atoms with van der Waals surface area (Å²) in [5.41, 5.74) is 1.63. The minimum atomic E-state index is 0.634. The zero-order valence-corrected chi connectivity index (χ0v) is 13.7. The molecule has 2 atom stereocenters. The van der Waals surface area contributed by atoms with E-state index in [0.29, 0.717) is 18.1 Å². The van der Waals surface area contributed by atoms with Crippen molar-refractivity contribution in [3.8, 4) is 0 Å². The van der Waals surface area contributed by atoms with Crippen LogP contribution in [0.4, 0.5) is 0 Å². The third-order valence-electron chi connectivity index (χ3n) is 4.93. The first-order chi connectivity index (χ1) is 9.75. The molecule has 3 heteroatoms. The molecular weight excluding hydrogens is 264 g/mol. The molecule has 2 heterocycles. The maximum absolute atomic E-state index is 3.72. The summed E-state index contributed by atoms with van der Waals surface area (Å²) in [6.07, 6.45) is 8.12. The van der Waals surface area contributed by atoms with E-state index in [9.17, 15) is 0 Å². The molecule has 3 rings (SSSR count). The Morgan fingerprint density at radius 2 is 2.20 bits per heavy atom. The van der Waals surface area contributed by atoms with Crippen molar-refractivity contribution >= 4 is 11.3 Å². The van der Waals surface area contributed by atoms with E-state index in [1.807, 2.05) is 11.3 Å². The van der Waals surface area contributed by atoms with Crippen LogP contribution < -0.4 is 5.32 Å². The first-order valence-electron chi connectivity index (χ1n) is 8.31. The molecule has 0 bridgehead atoms. The van der Waals surface area contributed by atoms with Gasteiger partial charge in [-0.1, -0.05) is 6.42 Å². The largest absolute Gasteiger partial charge is 0.313 e. The van der Waals surface area contributed by atoms with Gasteiger partial charge in [0.1, 0.15) is 0 Å². The van der Waals surface area contributed by atoms with E-state index in [0.717, 1.165) is 0 Å². The fourth-order valence-electron chi connectivity index (χ4n) is 3.84. The van der Waals surface area contributed by atoms with E-state index < -0.39 is 0 Å². The highest BCUT2D eigenvalue weighted by Crippen LogP contribution is 2.38. The van der Waals surface area contributed by atoms with Gasteiger partial charge in [0.05, 0.1) is 0 Å². The topological polar surface area (TPSA) is 15.3 Å². The van der Waals surface area contributed by atoms with Crippen molar-refractivity contribution in [2.24, 2.45) is 0 Å². The van der Waals surface area contributed by atoms with Gasteiger partial charge in [-0.05, 0) is 69.5 Å². The van der Waals surface area contributed by atoms with Crippen LogP contribution in [0.3, 0.4) is 0 Å². The average Bonchev–Trinajstić information content (AvgIpc) is 2.94. The van der Waals surface area contributed by atoms with Crippen molar-refractivity contribution in [3.05, 3.63) is 21.9 Å². The molecule has 2 unspecified atom stereocenters. The number of piperidine rings is 1. The number of nitrogens with zero attached hydrogens (tertiary/aromatic N) is 1. The first-order valence-corrected chi connectivity index (χ1v) is 9.19. The second-order valence-corrected chi connectivity index (χ2v) is 7.65. The molecule has 1 aromatic heterocycles. The first kappa shape index (κ1) is 14.6. The van der Waals surface area contributed by atoms with Crippen LogP contribution in [0.25, 0.3) is 0 Å². The van der Waals surface area contributed by atoms with Crippen LogP contribution in [0, 0.1) is 0 Å². The molecule has 1 N–H and O–H groups in total. The molecule has 1 aromatic rings. The molecule has 0 aromatic carbocycles. The molecular formula is C17H28N2S. The zero-order chi connectivity index (χ0) is 13.9. The normalized spacial score (nSPS) is 27.0. The van der Waals surface area contributed by atoms with Crippen molar-refractivity contribution < 1.29 is 0 Å². The maximum Gasteiger partial charge on any atom is 0.0362 e. The lowest BCUT2D eigenvalue weighted by atomic mass is 9.91. The van der Waals surface area contributed by atoms with Crippen LogP contribution in [-0.4, -0.2) is 30.1 Å². The Balaban J connectivity index is 1.74. The van der Waals surface area contributed by atoms with Gasteiger partial charge in [-0.15, -0.1) is 11.3 Å². The van der Waals surface area contributed by atoms with Crippen molar-refractivity contribution in [1.29, 1.82) is 0 Å². The Morgan fingerprint density at radius 3 is 2.95 bits per heavy atom. The van der Waals surface area contributed by atoms with Gasteiger partial charge >= 0.3 is 0 Å². The molecule has 1 fully saturated rings. The number of hydrogen-bond acceptors (Lipinski definition) is 3. The molecule has 0 amide bonds. The summed E-state index contributed by atoms with van der Waals surface area (Å²) < 4.78 is 0. The quantitative estimate of drug-likeness (QED) is 0.903. The van der Waals surface area contributed by atoms with Crippen LogP contribution in [-0.2, 0) is 6.42 Å². The van der Waals surface area contributed by atoms with Crippen LogP contribution >= 0.6 is 11.3 Å². The summed E-state index contributed by atoms with van der Waals surface area (Å²) >= 11 is 1.96. The van der Waals surface area contributed by atoms with E-state index in [4.69, 9.17) is 0 Å². The monoisotopic (exact) mass is 292 g/mol. The maximum atomic E-state index is 3.72. The Bertz CT molecular complexity index is 420. The number of nitrogens with one attached hydrogen (secondary N) is 1. The van der Waals surface area contributed by atoms with Gasteiger partial charge in [-0.25, -0.2) is 0 Å². The standard InChI is InChI=1S/C17H28N2S/c1-13(2)19(12-14-6-3-4-10-18-14)16-7-5-8-17-15(16)9-11-20-17/h9,11,13-14,16,18H,3-8,10,12H2,1-2H3. The van der Waals surface area contributed by atoms with Gasteiger partial charge < -0.3 is 5.32 Å². The second-order valence-electron chi connectivity index (χ2n) is 6.64. The average molecular weight is 292 g/mol. The van der Waals surface area contributed by atoms with Crippen LogP contribution in [0.2, 0.25) is 0 Å². The zero-order valence-electron chi connectivity index (χ0n) is 12.9. The predicted molar refractivity (Wildman–Crippen MR) is 87.5 cm³/mol. The lowest BCUT2D eigenvalue weighted by Gasteiger charge is -2.40. The molecule has 0 radical (unpaired) electrons. The number of hydrogen-bond donors (Lipinski definition) is 1. The van der Waals surface area contributed by atoms with Gasteiger partial charge in [0.2, 0.25) is 0 Å². The predicted octanol–water partition coefficient (Wildman–Crippen LogP) is 3.98. The molecule has 20 heavy (non-hydrogen) atoms.